The van der Waals surface area contributed by atoms with E-state index in [0.717, 1.165) is 0 Å². The molecule has 2 atom stereocenters. The van der Waals surface area contributed by atoms with Crippen molar-refractivity contribution < 1.29 is 48.0 Å². The summed E-state index contributed by atoms with van der Waals surface area (Å²) in [6.07, 6.45) is -0.945. The maximum absolute atomic E-state index is 13.3. The smallest absolute Gasteiger partial charge is 0.303 e. The number of methoxy groups -OCH3 is 4. The van der Waals surface area contributed by atoms with Crippen LogP contribution in [0.25, 0.3) is 0 Å². The first kappa shape index (κ1) is 31.6. The molecule has 0 fully saturated rings. The molecule has 0 spiro atoms. The highest BCUT2D eigenvalue weighted by atomic mass is 16.5. The summed E-state index contributed by atoms with van der Waals surface area (Å²) in [5.41, 5.74) is 7.51. The minimum Gasteiger partial charge on any atom is -0.496 e. The number of nitrogens with one attached hydrogen (secondary N) is 2. The zero-order valence-electron chi connectivity index (χ0n) is 24.6. The van der Waals surface area contributed by atoms with Crippen molar-refractivity contribution in [2.45, 2.75) is 31.4 Å². The van der Waals surface area contributed by atoms with Gasteiger partial charge in [-0.25, -0.2) is 0 Å². The van der Waals surface area contributed by atoms with E-state index < -0.39 is 29.9 Å². The number of Topliss-reactive ketones (excluding diaryl/α,β-unsaturated/α-hetero) is 1. The van der Waals surface area contributed by atoms with Crippen molar-refractivity contribution in [3.8, 4) is 28.7 Å². The van der Waals surface area contributed by atoms with Crippen LogP contribution in [0.2, 0.25) is 0 Å². The third-order valence-corrected chi connectivity index (χ3v) is 6.95. The summed E-state index contributed by atoms with van der Waals surface area (Å²) in [5.74, 6) is -1.01. The molecule has 2 amide bonds. The molecule has 0 aromatic heterocycles. The van der Waals surface area contributed by atoms with Gasteiger partial charge in [0.25, 0.3) is 5.91 Å². The first-order chi connectivity index (χ1) is 21.1. The molecule has 232 valence electrons. The number of aliphatic carboxylic acids is 1. The molecule has 13 heteroatoms. The molecule has 3 aromatic carbocycles. The molecular weight excluding hydrogens is 574 g/mol. The molecule has 1 unspecified atom stereocenters. The van der Waals surface area contributed by atoms with E-state index in [9.17, 15) is 19.2 Å². The number of anilines is 2. The lowest BCUT2D eigenvalue weighted by Crippen LogP contribution is -2.36. The van der Waals surface area contributed by atoms with Crippen molar-refractivity contribution in [1.29, 1.82) is 0 Å². The zero-order valence-corrected chi connectivity index (χ0v) is 24.6. The standard InChI is InChI=1S/C31H33N3O10/c1-40-22-10-8-18(34-31(39)20(32)9-11-26(36)37)13-19(22)30(38)33-17-7-5-6-16(12-17)23-14-21(35)27-24(44-23)15-25(41-2)28(42-3)29(27)43-4/h5-8,10,12-13,15,20,23H,9,11,14,32H2,1-4H3,(H,33,38)(H,34,39)(H,36,37)/t20-,23?/m0/s1. The second-order valence-electron chi connectivity index (χ2n) is 9.78. The number of ether oxygens (including phenoxy) is 5. The first-order valence-corrected chi connectivity index (χ1v) is 13.5. The third kappa shape index (κ3) is 6.84. The number of carboxylic acid groups (broad SMARTS) is 1. The molecule has 0 aliphatic carbocycles. The van der Waals surface area contributed by atoms with Gasteiger partial charge in [0, 0.05) is 23.9 Å². The number of carboxylic acids is 1. The topological polar surface area (TPSA) is 185 Å². The molecule has 5 N–H and O–H groups in total. The second kappa shape index (κ2) is 13.8. The Morgan fingerprint density at radius 2 is 1.64 bits per heavy atom. The maximum atomic E-state index is 13.3. The SMILES string of the molecule is COc1ccc(NC(=O)[C@@H](N)CCC(=O)O)cc1C(=O)Nc1cccc(C2CC(=O)c3c(cc(OC)c(OC)c3OC)O2)c1. The molecule has 44 heavy (non-hydrogen) atoms. The monoisotopic (exact) mass is 607 g/mol. The van der Waals surface area contributed by atoms with Gasteiger partial charge in [0.2, 0.25) is 11.7 Å². The van der Waals surface area contributed by atoms with Gasteiger partial charge in [-0.3, -0.25) is 19.2 Å². The quantitative estimate of drug-likeness (QED) is 0.235. The van der Waals surface area contributed by atoms with Crippen LogP contribution in [0.5, 0.6) is 28.7 Å². The van der Waals surface area contributed by atoms with E-state index in [1.807, 2.05) is 0 Å². The number of hydrogen-bond donors (Lipinski definition) is 4. The van der Waals surface area contributed by atoms with Gasteiger partial charge in [-0.05, 0) is 42.3 Å². The Morgan fingerprint density at radius 3 is 2.30 bits per heavy atom. The van der Waals surface area contributed by atoms with E-state index in [-0.39, 0.29) is 64.9 Å². The van der Waals surface area contributed by atoms with Crippen molar-refractivity contribution in [1.82, 2.24) is 0 Å². The Kier molecular flexibility index (Phi) is 9.91. The fourth-order valence-electron chi connectivity index (χ4n) is 4.77. The van der Waals surface area contributed by atoms with Crippen LogP contribution in [-0.2, 0) is 9.59 Å². The number of ketones is 1. The van der Waals surface area contributed by atoms with E-state index in [2.05, 4.69) is 10.6 Å². The molecule has 1 aliphatic rings. The lowest BCUT2D eigenvalue weighted by atomic mass is 9.94. The Morgan fingerprint density at radius 1 is 0.932 bits per heavy atom. The summed E-state index contributed by atoms with van der Waals surface area (Å²) in [6, 6.07) is 11.9. The van der Waals surface area contributed by atoms with Gasteiger partial charge >= 0.3 is 5.97 Å². The van der Waals surface area contributed by atoms with Gasteiger partial charge in [-0.1, -0.05) is 12.1 Å². The Bertz CT molecular complexity index is 1590. The normalized spacial score (nSPS) is 14.4. The first-order valence-electron chi connectivity index (χ1n) is 13.5. The van der Waals surface area contributed by atoms with E-state index in [0.29, 0.717) is 17.0 Å². The molecule has 0 bridgehead atoms. The van der Waals surface area contributed by atoms with Crippen LogP contribution in [0.1, 0.15) is 51.6 Å². The molecule has 0 radical (unpaired) electrons. The molecule has 4 rings (SSSR count). The summed E-state index contributed by atoms with van der Waals surface area (Å²) in [4.78, 5) is 49.8. The van der Waals surface area contributed by atoms with Crippen LogP contribution >= 0.6 is 0 Å². The van der Waals surface area contributed by atoms with Crippen molar-refractivity contribution in [3.63, 3.8) is 0 Å². The maximum Gasteiger partial charge on any atom is 0.303 e. The van der Waals surface area contributed by atoms with Crippen LogP contribution in [0.15, 0.2) is 48.5 Å². The lowest BCUT2D eigenvalue weighted by Gasteiger charge is -2.28. The number of benzene rings is 3. The molecule has 1 aliphatic heterocycles. The molecular formula is C31H33N3O10. The molecule has 13 nitrogen and oxygen atoms in total. The fourth-order valence-corrected chi connectivity index (χ4v) is 4.77. The summed E-state index contributed by atoms with van der Waals surface area (Å²) >= 11 is 0. The van der Waals surface area contributed by atoms with Crippen LogP contribution in [0.4, 0.5) is 11.4 Å². The molecule has 0 saturated carbocycles. The van der Waals surface area contributed by atoms with Gasteiger partial charge in [-0.15, -0.1) is 0 Å². The Hall–Kier alpha value is -5.30. The van der Waals surface area contributed by atoms with Crippen LogP contribution in [-0.4, -0.2) is 63.2 Å². The van der Waals surface area contributed by atoms with Gasteiger partial charge in [0.1, 0.15) is 23.2 Å². The zero-order chi connectivity index (χ0) is 32.0. The van der Waals surface area contributed by atoms with E-state index in [4.69, 9.17) is 34.5 Å². The van der Waals surface area contributed by atoms with Crippen molar-refractivity contribution >= 4 is 34.9 Å². The highest BCUT2D eigenvalue weighted by molar-refractivity contribution is 6.08. The minimum atomic E-state index is -1.06. The van der Waals surface area contributed by atoms with Gasteiger partial charge in [-0.2, -0.15) is 0 Å². The molecule has 0 saturated heterocycles. The highest BCUT2D eigenvalue weighted by Crippen LogP contribution is 2.49. The number of carbonyl (C=O) groups is 4. The fraction of sp³-hybridized carbons (Fsp3) is 0.290. The lowest BCUT2D eigenvalue weighted by molar-refractivity contribution is -0.137. The number of rotatable bonds is 12. The Balaban J connectivity index is 1.54. The van der Waals surface area contributed by atoms with E-state index >= 15 is 0 Å². The minimum absolute atomic E-state index is 0.0143. The number of nitrogens with two attached hydrogens (primary N) is 1. The largest absolute Gasteiger partial charge is 0.496 e. The van der Waals surface area contributed by atoms with Gasteiger partial charge in [0.15, 0.2) is 17.3 Å². The van der Waals surface area contributed by atoms with Crippen LogP contribution in [0, 0.1) is 0 Å². The van der Waals surface area contributed by atoms with E-state index in [1.165, 1.54) is 46.6 Å². The van der Waals surface area contributed by atoms with Crippen molar-refractivity contribution in [2.75, 3.05) is 39.1 Å². The predicted molar refractivity (Wildman–Crippen MR) is 159 cm³/mol. The number of fused-ring (bicyclic) bond motifs is 1. The van der Waals surface area contributed by atoms with Crippen molar-refractivity contribution in [3.05, 3.63) is 65.2 Å². The highest BCUT2D eigenvalue weighted by Gasteiger charge is 2.34. The second-order valence-corrected chi connectivity index (χ2v) is 9.78. The predicted octanol–water partition coefficient (Wildman–Crippen LogP) is 3.81. The van der Waals surface area contributed by atoms with Gasteiger partial charge in [0.05, 0.1) is 46.5 Å². The van der Waals surface area contributed by atoms with E-state index in [1.54, 1.807) is 30.3 Å². The average molecular weight is 608 g/mol. The molecule has 3 aromatic rings. The number of hydrogen-bond acceptors (Lipinski definition) is 10. The van der Waals surface area contributed by atoms with Crippen LogP contribution < -0.4 is 40.1 Å². The summed E-state index contributed by atoms with van der Waals surface area (Å²) in [5, 5.41) is 14.2. The van der Waals surface area contributed by atoms with Crippen LogP contribution in [0.3, 0.4) is 0 Å². The summed E-state index contributed by atoms with van der Waals surface area (Å²) < 4.78 is 27.8. The van der Waals surface area contributed by atoms with Gasteiger partial charge < -0.3 is 45.2 Å². The molecule has 1 heterocycles. The number of carbonyl (C=O) groups excluding carboxylic acids is 3. The summed E-state index contributed by atoms with van der Waals surface area (Å²) in [7, 11) is 5.75. The third-order valence-electron chi connectivity index (χ3n) is 6.95. The summed E-state index contributed by atoms with van der Waals surface area (Å²) in [6.45, 7) is 0. The number of amides is 2. The van der Waals surface area contributed by atoms with Crippen molar-refractivity contribution in [2.24, 2.45) is 5.73 Å². The average Bonchev–Trinajstić information content (AvgIpc) is 3.02. The Labute approximate surface area is 253 Å².